The van der Waals surface area contributed by atoms with Gasteiger partial charge in [0.15, 0.2) is 0 Å². The van der Waals surface area contributed by atoms with E-state index in [2.05, 4.69) is 6.58 Å². The molecule has 0 bridgehead atoms. The second-order valence-electron chi connectivity index (χ2n) is 3.21. The highest BCUT2D eigenvalue weighted by molar-refractivity contribution is 5.84. The third-order valence-corrected chi connectivity index (χ3v) is 2.08. The molecule has 0 N–H and O–H groups in total. The number of hydrogen-bond donors (Lipinski definition) is 0. The fourth-order valence-corrected chi connectivity index (χ4v) is 1.30. The minimum absolute atomic E-state index is 0.0689. The van der Waals surface area contributed by atoms with Crippen LogP contribution in [-0.4, -0.2) is 42.2 Å². The van der Waals surface area contributed by atoms with E-state index in [0.29, 0.717) is 6.54 Å². The van der Waals surface area contributed by atoms with Crippen LogP contribution in [0.1, 0.15) is 6.92 Å². The van der Waals surface area contributed by atoms with E-state index in [1.165, 1.54) is 16.1 Å². The van der Waals surface area contributed by atoms with Crippen LogP contribution in [0.4, 0.5) is 4.79 Å². The van der Waals surface area contributed by atoms with Crippen LogP contribution in [0.25, 0.3) is 0 Å². The van der Waals surface area contributed by atoms with Crippen LogP contribution < -0.4 is 0 Å². The van der Waals surface area contributed by atoms with Crippen LogP contribution in [-0.2, 0) is 9.53 Å². The molecule has 2 amide bonds. The molecule has 0 aromatic carbocycles. The third-order valence-electron chi connectivity index (χ3n) is 2.08. The average molecular weight is 198 g/mol. The highest BCUT2D eigenvalue weighted by Gasteiger charge is 2.36. The summed E-state index contributed by atoms with van der Waals surface area (Å²) >= 11 is 0. The zero-order valence-electron chi connectivity index (χ0n) is 8.40. The minimum atomic E-state index is -0.509. The molecule has 0 aromatic heterocycles. The predicted molar refractivity (Wildman–Crippen MR) is 50.2 cm³/mol. The molecule has 1 saturated heterocycles. The van der Waals surface area contributed by atoms with E-state index in [0.717, 1.165) is 0 Å². The lowest BCUT2D eigenvalue weighted by molar-refractivity contribution is -0.135. The van der Waals surface area contributed by atoms with Gasteiger partial charge in [-0.3, -0.25) is 9.80 Å². The normalized spacial score (nSPS) is 21.3. The topological polar surface area (TPSA) is 49.9 Å². The number of rotatable bonds is 2. The molecule has 0 radical (unpaired) electrons. The standard InChI is InChI=1S/C9H14N2O3/c1-4-5-14-9(13)11-6-7(2)8(12)10(11)3/h4,7H,1,5-6H2,2-3H3. The molecule has 0 aliphatic carbocycles. The van der Waals surface area contributed by atoms with Crippen molar-refractivity contribution in [2.24, 2.45) is 5.92 Å². The first kappa shape index (κ1) is 10.6. The monoisotopic (exact) mass is 198 g/mol. The molecular weight excluding hydrogens is 184 g/mol. The quantitative estimate of drug-likeness (QED) is 0.611. The largest absolute Gasteiger partial charge is 0.444 e. The van der Waals surface area contributed by atoms with Gasteiger partial charge in [0, 0.05) is 7.05 Å². The SMILES string of the molecule is C=CCOC(=O)N1CC(C)C(=O)N1C. The highest BCUT2D eigenvalue weighted by atomic mass is 16.6. The number of carbonyl (C=O) groups is 2. The van der Waals surface area contributed by atoms with Gasteiger partial charge in [0.05, 0.1) is 12.5 Å². The van der Waals surface area contributed by atoms with Crippen LogP contribution in [0.2, 0.25) is 0 Å². The van der Waals surface area contributed by atoms with Gasteiger partial charge >= 0.3 is 6.09 Å². The van der Waals surface area contributed by atoms with E-state index in [1.54, 1.807) is 14.0 Å². The van der Waals surface area contributed by atoms with Crippen molar-refractivity contribution in [2.75, 3.05) is 20.2 Å². The van der Waals surface area contributed by atoms with Crippen molar-refractivity contribution in [3.63, 3.8) is 0 Å². The summed E-state index contributed by atoms with van der Waals surface area (Å²) in [7, 11) is 1.56. The van der Waals surface area contributed by atoms with Crippen LogP contribution in [0.3, 0.4) is 0 Å². The number of carbonyl (C=O) groups excluding carboxylic acids is 2. The molecule has 78 valence electrons. The van der Waals surface area contributed by atoms with Crippen molar-refractivity contribution in [1.82, 2.24) is 10.0 Å². The highest BCUT2D eigenvalue weighted by Crippen LogP contribution is 2.16. The van der Waals surface area contributed by atoms with Crippen molar-refractivity contribution in [3.05, 3.63) is 12.7 Å². The maximum atomic E-state index is 11.4. The minimum Gasteiger partial charge on any atom is -0.444 e. The van der Waals surface area contributed by atoms with Gasteiger partial charge in [-0.2, -0.15) is 0 Å². The molecule has 5 nitrogen and oxygen atoms in total. The average Bonchev–Trinajstić information content (AvgIpc) is 2.42. The number of amides is 2. The second-order valence-corrected chi connectivity index (χ2v) is 3.21. The first-order valence-electron chi connectivity index (χ1n) is 4.40. The van der Waals surface area contributed by atoms with Crippen molar-refractivity contribution >= 4 is 12.0 Å². The van der Waals surface area contributed by atoms with E-state index in [9.17, 15) is 9.59 Å². The van der Waals surface area contributed by atoms with Crippen molar-refractivity contribution in [2.45, 2.75) is 6.92 Å². The van der Waals surface area contributed by atoms with Gasteiger partial charge in [-0.1, -0.05) is 19.6 Å². The number of ether oxygens (including phenoxy) is 1. The van der Waals surface area contributed by atoms with Gasteiger partial charge in [0.2, 0.25) is 5.91 Å². The lowest BCUT2D eigenvalue weighted by Crippen LogP contribution is -2.40. The van der Waals surface area contributed by atoms with E-state index in [1.807, 2.05) is 0 Å². The first-order valence-corrected chi connectivity index (χ1v) is 4.40. The Morgan fingerprint density at radius 2 is 2.43 bits per heavy atom. The molecular formula is C9H14N2O3. The van der Waals surface area contributed by atoms with E-state index in [4.69, 9.17) is 4.74 Å². The summed E-state index contributed by atoms with van der Waals surface area (Å²) in [4.78, 5) is 22.7. The van der Waals surface area contributed by atoms with Crippen LogP contribution in [0.5, 0.6) is 0 Å². The lowest BCUT2D eigenvalue weighted by Gasteiger charge is -2.22. The Balaban J connectivity index is 2.57. The maximum Gasteiger partial charge on any atom is 0.429 e. The molecule has 1 heterocycles. The molecule has 0 spiro atoms. The Morgan fingerprint density at radius 3 is 2.86 bits per heavy atom. The summed E-state index contributed by atoms with van der Waals surface area (Å²) in [5, 5.41) is 2.58. The van der Waals surface area contributed by atoms with Gasteiger partial charge in [-0.25, -0.2) is 9.80 Å². The molecule has 0 saturated carbocycles. The predicted octanol–water partition coefficient (Wildman–Crippen LogP) is 0.634. The van der Waals surface area contributed by atoms with Crippen molar-refractivity contribution in [1.29, 1.82) is 0 Å². The molecule has 1 atom stereocenters. The summed E-state index contributed by atoms with van der Waals surface area (Å²) in [6.07, 6.45) is 0.976. The first-order chi connectivity index (χ1) is 6.57. The zero-order valence-corrected chi connectivity index (χ0v) is 8.40. The lowest BCUT2D eigenvalue weighted by atomic mass is 10.2. The second kappa shape index (κ2) is 4.13. The molecule has 14 heavy (non-hydrogen) atoms. The van der Waals surface area contributed by atoms with Gasteiger partial charge < -0.3 is 4.74 Å². The van der Waals surface area contributed by atoms with Gasteiger partial charge in [0.1, 0.15) is 6.61 Å². The van der Waals surface area contributed by atoms with Gasteiger partial charge in [0.25, 0.3) is 0 Å². The summed E-state index contributed by atoms with van der Waals surface area (Å²) in [6, 6.07) is 0. The molecule has 1 fully saturated rings. The smallest absolute Gasteiger partial charge is 0.429 e. The fourth-order valence-electron chi connectivity index (χ4n) is 1.30. The Bertz CT molecular complexity index is 265. The molecule has 1 aliphatic heterocycles. The van der Waals surface area contributed by atoms with Crippen LogP contribution in [0.15, 0.2) is 12.7 Å². The number of nitrogens with zero attached hydrogens (tertiary/aromatic N) is 2. The Morgan fingerprint density at radius 1 is 1.79 bits per heavy atom. The summed E-state index contributed by atoms with van der Waals surface area (Å²) in [5.41, 5.74) is 0. The molecule has 0 aromatic rings. The molecule has 5 heteroatoms. The van der Waals surface area contributed by atoms with Gasteiger partial charge in [-0.05, 0) is 0 Å². The van der Waals surface area contributed by atoms with Gasteiger partial charge in [-0.15, -0.1) is 0 Å². The van der Waals surface area contributed by atoms with Crippen molar-refractivity contribution in [3.8, 4) is 0 Å². The summed E-state index contributed by atoms with van der Waals surface area (Å²) in [5.74, 6) is -0.225. The summed E-state index contributed by atoms with van der Waals surface area (Å²) < 4.78 is 4.82. The number of hydrazine groups is 1. The Hall–Kier alpha value is -1.52. The van der Waals surface area contributed by atoms with Crippen LogP contribution >= 0.6 is 0 Å². The van der Waals surface area contributed by atoms with E-state index in [-0.39, 0.29) is 18.4 Å². The number of hydrogen-bond acceptors (Lipinski definition) is 3. The molecule has 1 unspecified atom stereocenters. The van der Waals surface area contributed by atoms with Crippen molar-refractivity contribution < 1.29 is 14.3 Å². The van der Waals surface area contributed by atoms with E-state index < -0.39 is 6.09 Å². The Labute approximate surface area is 82.9 Å². The summed E-state index contributed by atoms with van der Waals surface area (Å²) in [6.45, 7) is 5.75. The maximum absolute atomic E-state index is 11.4. The Kier molecular flexibility index (Phi) is 3.11. The molecule has 1 aliphatic rings. The fraction of sp³-hybridized carbons (Fsp3) is 0.556. The zero-order chi connectivity index (χ0) is 10.7. The van der Waals surface area contributed by atoms with Crippen LogP contribution in [0, 0.1) is 5.92 Å². The van der Waals surface area contributed by atoms with E-state index >= 15 is 0 Å². The molecule has 1 rings (SSSR count). The third kappa shape index (κ3) is 1.86.